The van der Waals surface area contributed by atoms with Crippen LogP contribution in [0.2, 0.25) is 0 Å². The molecule has 3 aliphatic rings. The average Bonchev–Trinajstić information content (AvgIpc) is 2.84. The van der Waals surface area contributed by atoms with Gasteiger partial charge in [0.05, 0.1) is 0 Å². The van der Waals surface area contributed by atoms with Crippen LogP contribution in [0.3, 0.4) is 0 Å². The van der Waals surface area contributed by atoms with E-state index in [2.05, 4.69) is 30.9 Å². The van der Waals surface area contributed by atoms with E-state index >= 15 is 0 Å². The van der Waals surface area contributed by atoms with Crippen molar-refractivity contribution in [3.8, 4) is 0 Å². The first kappa shape index (κ1) is 39.1. The van der Waals surface area contributed by atoms with E-state index in [0.717, 1.165) is 77.0 Å². The molecule has 0 aromatic carbocycles. The summed E-state index contributed by atoms with van der Waals surface area (Å²) in [6, 6.07) is 0. The number of oxime groups is 6. The fourth-order valence-electron chi connectivity index (χ4n) is 3.27. The number of hydrogen-bond acceptors (Lipinski definition) is 12. The molecule has 0 heterocycles. The Morgan fingerprint density at radius 2 is 0.500 bits per heavy atom. The van der Waals surface area contributed by atoms with Crippen LogP contribution in [-0.4, -0.2) is 73.9 Å². The molecule has 3 saturated carbocycles. The summed E-state index contributed by atoms with van der Waals surface area (Å²) in [7, 11) is 0. The van der Waals surface area contributed by atoms with Gasteiger partial charge in [0.25, 0.3) is 0 Å². The molecule has 0 aromatic rings. The van der Waals surface area contributed by atoms with Crippen LogP contribution >= 0.6 is 12.4 Å². The molecule has 6 N–H and O–H groups in total. The third-order valence-electron chi connectivity index (χ3n) is 4.96. The molecular formula is C19H35BClN6O6Tc. The van der Waals surface area contributed by atoms with Gasteiger partial charge in [-0.05, 0) is 77.0 Å². The topological polar surface area (TPSA) is 196 Å². The summed E-state index contributed by atoms with van der Waals surface area (Å²) in [6.07, 6.45) is 10.4. The second kappa shape index (κ2) is 24.0. The Labute approximate surface area is 221 Å². The van der Waals surface area contributed by atoms with E-state index in [0.29, 0.717) is 34.3 Å². The summed E-state index contributed by atoms with van der Waals surface area (Å²) >= 11 is 0. The van der Waals surface area contributed by atoms with E-state index in [1.807, 2.05) is 0 Å². The van der Waals surface area contributed by atoms with E-state index < -0.39 is 0 Å². The van der Waals surface area contributed by atoms with Crippen molar-refractivity contribution in [1.82, 2.24) is 0 Å². The molecule has 0 saturated heterocycles. The van der Waals surface area contributed by atoms with Gasteiger partial charge < -0.3 is 31.2 Å². The van der Waals surface area contributed by atoms with Gasteiger partial charge in [0, 0.05) is 28.5 Å². The minimum absolute atomic E-state index is 0. The molecule has 4 radical (unpaired) electrons. The Kier molecular flexibility index (Phi) is 27.5. The molecule has 3 fully saturated rings. The van der Waals surface area contributed by atoms with E-state index in [1.165, 1.54) is 0 Å². The van der Waals surface area contributed by atoms with Gasteiger partial charge in [-0.3, -0.25) is 0 Å². The maximum Gasteiger partial charge on any atom is 0.104 e. The van der Waals surface area contributed by atoms with Gasteiger partial charge in [-0.1, -0.05) is 38.4 Å². The first-order valence-electron chi connectivity index (χ1n) is 9.91. The molecule has 0 spiro atoms. The molecule has 0 aliphatic heterocycles. The van der Waals surface area contributed by atoms with Crippen LogP contribution in [-0.2, 0) is 20.1 Å². The summed E-state index contributed by atoms with van der Waals surface area (Å²) < 4.78 is 0. The van der Waals surface area contributed by atoms with Crippen molar-refractivity contribution in [1.29, 1.82) is 0 Å². The van der Waals surface area contributed by atoms with Gasteiger partial charge in [0.1, 0.15) is 34.3 Å². The molecule has 0 aromatic heterocycles. The van der Waals surface area contributed by atoms with Crippen LogP contribution in [0, 0.1) is 0 Å². The Bertz CT molecular complexity index is 579. The molecule has 0 bridgehead atoms. The van der Waals surface area contributed by atoms with E-state index in [4.69, 9.17) is 31.2 Å². The van der Waals surface area contributed by atoms with Crippen molar-refractivity contribution in [2.45, 2.75) is 84.5 Å². The summed E-state index contributed by atoms with van der Waals surface area (Å²) in [5.41, 5.74) is 3.13. The quantitative estimate of drug-likeness (QED) is 0.138. The van der Waals surface area contributed by atoms with Crippen molar-refractivity contribution < 1.29 is 51.3 Å². The van der Waals surface area contributed by atoms with E-state index in [-0.39, 0.29) is 48.4 Å². The Balaban J connectivity index is -0.000000187. The first-order chi connectivity index (χ1) is 14.6. The van der Waals surface area contributed by atoms with Gasteiger partial charge in [-0.2, -0.15) is 0 Å². The van der Waals surface area contributed by atoms with Crippen molar-refractivity contribution in [3.63, 3.8) is 0 Å². The molecule has 3 aliphatic carbocycles. The van der Waals surface area contributed by atoms with Gasteiger partial charge in [-0.15, -0.1) is 12.4 Å². The second-order valence-electron chi connectivity index (χ2n) is 6.90. The number of hydrogen-bond donors (Lipinski definition) is 6. The molecule has 15 heteroatoms. The maximum absolute atomic E-state index is 8.39. The molecule has 34 heavy (non-hydrogen) atoms. The van der Waals surface area contributed by atoms with Crippen molar-refractivity contribution in [2.24, 2.45) is 30.9 Å². The minimum Gasteiger partial charge on any atom is -0.411 e. The predicted molar refractivity (Wildman–Crippen MR) is 130 cm³/mol. The standard InChI is InChI=1S/3C6H10N2O2.CH4.B.ClH.Tc/c3*9-7-5-3-1-2-4-6(5)8-10;;;;/h3*9-10H,1-4H2;1H4;;1H;/i;;;;;;1+1. The van der Waals surface area contributed by atoms with Gasteiger partial charge in [0.15, 0.2) is 0 Å². The molecule has 194 valence electrons. The van der Waals surface area contributed by atoms with Crippen LogP contribution in [0.15, 0.2) is 30.9 Å². The predicted octanol–water partition coefficient (Wildman–Crippen LogP) is 4.34. The molecular weight excluding hydrogens is 553 g/mol. The Morgan fingerprint density at radius 1 is 0.382 bits per heavy atom. The van der Waals surface area contributed by atoms with E-state index in [9.17, 15) is 0 Å². The van der Waals surface area contributed by atoms with Crippen LogP contribution in [0.4, 0.5) is 0 Å². The minimum atomic E-state index is 0. The van der Waals surface area contributed by atoms with Crippen molar-refractivity contribution >= 4 is 55.1 Å². The van der Waals surface area contributed by atoms with E-state index in [1.54, 1.807) is 0 Å². The fraction of sp³-hybridized carbons (Fsp3) is 0.684. The molecule has 0 amide bonds. The molecule has 12 nitrogen and oxygen atoms in total. The average molecular weight is 589 g/mol. The largest absolute Gasteiger partial charge is 0.411 e. The van der Waals surface area contributed by atoms with Crippen LogP contribution in [0.25, 0.3) is 0 Å². The molecule has 0 unspecified atom stereocenters. The zero-order valence-electron chi connectivity index (χ0n) is 18.2. The number of nitrogens with zero attached hydrogens (tertiary/aromatic N) is 6. The van der Waals surface area contributed by atoms with Crippen molar-refractivity contribution in [2.75, 3.05) is 0 Å². The Hall–Kier alpha value is -2.18. The molecule has 0 atom stereocenters. The smallest absolute Gasteiger partial charge is 0.104 e. The van der Waals surface area contributed by atoms with Gasteiger partial charge in [-0.25, -0.2) is 0 Å². The van der Waals surface area contributed by atoms with Gasteiger partial charge in [0.2, 0.25) is 0 Å². The van der Waals surface area contributed by atoms with Crippen molar-refractivity contribution in [3.05, 3.63) is 0 Å². The summed E-state index contributed by atoms with van der Waals surface area (Å²) in [4.78, 5) is 0. The Morgan fingerprint density at radius 3 is 0.588 bits per heavy atom. The summed E-state index contributed by atoms with van der Waals surface area (Å²) in [6.45, 7) is 0. The third kappa shape index (κ3) is 13.5. The number of rotatable bonds is 0. The first-order valence-corrected chi connectivity index (χ1v) is 9.91. The van der Waals surface area contributed by atoms with Gasteiger partial charge >= 0.3 is 0 Å². The molecule has 3 rings (SSSR count). The monoisotopic (exact) mass is 588 g/mol. The SMILES string of the molecule is C.Cl.ON=C1CCCCC1=NO.ON=C1CCCCC1=NO.ON=C1CCCCC1=NO.[99Tc].[B]. The summed E-state index contributed by atoms with van der Waals surface area (Å²) in [5.74, 6) is 0. The van der Waals surface area contributed by atoms with Crippen LogP contribution < -0.4 is 0 Å². The maximum atomic E-state index is 8.39. The van der Waals surface area contributed by atoms with Crippen LogP contribution in [0.1, 0.15) is 84.5 Å². The zero-order chi connectivity index (χ0) is 22.2. The normalized spacial score (nSPS) is 24.4. The van der Waals surface area contributed by atoms with Crippen LogP contribution in [0.5, 0.6) is 0 Å². The second-order valence-corrected chi connectivity index (χ2v) is 6.90. The fourth-order valence-corrected chi connectivity index (χ4v) is 3.27. The third-order valence-corrected chi connectivity index (χ3v) is 4.96. The summed E-state index contributed by atoms with van der Waals surface area (Å²) in [5, 5.41) is 68.5. The number of halogens is 1. The zero-order valence-corrected chi connectivity index (χ0v) is 20.9.